The molecule has 1 aliphatic heterocycles. The summed E-state index contributed by atoms with van der Waals surface area (Å²) in [4.78, 5) is 24.8. The molecular weight excluding hydrogens is 324 g/mol. The van der Waals surface area contributed by atoms with Crippen molar-refractivity contribution in [2.75, 3.05) is 17.2 Å². The van der Waals surface area contributed by atoms with Gasteiger partial charge in [0, 0.05) is 22.7 Å². The van der Waals surface area contributed by atoms with Crippen molar-refractivity contribution in [1.29, 1.82) is 0 Å². The van der Waals surface area contributed by atoms with Crippen molar-refractivity contribution in [3.05, 3.63) is 46.2 Å². The second-order valence-corrected chi connectivity index (χ2v) is 6.60. The number of carbonyl (C=O) groups excluding carboxylic acids is 2. The number of amides is 2. The summed E-state index contributed by atoms with van der Waals surface area (Å²) in [5.74, 6) is -0.112. The van der Waals surface area contributed by atoms with Crippen LogP contribution in [0.4, 0.5) is 11.4 Å². The molecule has 2 amide bonds. The molecule has 2 N–H and O–H groups in total. The average molecular weight is 344 g/mol. The average Bonchev–Trinajstić information content (AvgIpc) is 3.06. The largest absolute Gasteiger partial charge is 0.372 e. The van der Waals surface area contributed by atoms with Crippen LogP contribution in [-0.2, 0) is 20.7 Å². The zero-order valence-corrected chi connectivity index (χ0v) is 14.3. The maximum absolute atomic E-state index is 12.3. The zero-order valence-electron chi connectivity index (χ0n) is 13.5. The van der Waals surface area contributed by atoms with E-state index in [1.54, 1.807) is 42.5 Å². The minimum absolute atomic E-state index is 0.0343. The fourth-order valence-corrected chi connectivity index (χ4v) is 3.65. The van der Waals surface area contributed by atoms with Crippen LogP contribution < -0.4 is 10.6 Å². The van der Waals surface area contributed by atoms with Gasteiger partial charge in [-0.3, -0.25) is 9.59 Å². The number of nitrogens with one attached hydrogen (secondary N) is 2. The molecule has 6 heteroatoms. The van der Waals surface area contributed by atoms with Gasteiger partial charge >= 0.3 is 0 Å². The molecule has 126 valence electrons. The minimum atomic E-state index is -0.156. The number of rotatable bonds is 5. The SMILES string of the molecule is CCC(=O)Nc1ccc(NC(=O)C[C@@H]2OCCc3ccsc32)cc1. The van der Waals surface area contributed by atoms with Crippen LogP contribution in [0.5, 0.6) is 0 Å². The Labute approximate surface area is 145 Å². The van der Waals surface area contributed by atoms with Gasteiger partial charge in [-0.05, 0) is 47.7 Å². The molecule has 2 aromatic rings. The van der Waals surface area contributed by atoms with E-state index >= 15 is 0 Å². The molecule has 1 aromatic carbocycles. The number of carbonyl (C=O) groups is 2. The first-order valence-electron chi connectivity index (χ1n) is 8.03. The number of fused-ring (bicyclic) bond motifs is 1. The predicted molar refractivity (Wildman–Crippen MR) is 95.3 cm³/mol. The monoisotopic (exact) mass is 344 g/mol. The summed E-state index contributed by atoms with van der Waals surface area (Å²) < 4.78 is 5.75. The van der Waals surface area contributed by atoms with Crippen LogP contribution in [0.15, 0.2) is 35.7 Å². The van der Waals surface area contributed by atoms with Crippen molar-refractivity contribution in [3.63, 3.8) is 0 Å². The Balaban J connectivity index is 1.57. The van der Waals surface area contributed by atoms with Crippen LogP contribution in [0, 0.1) is 0 Å². The van der Waals surface area contributed by atoms with E-state index in [2.05, 4.69) is 16.7 Å². The van der Waals surface area contributed by atoms with Gasteiger partial charge in [0.15, 0.2) is 0 Å². The molecular formula is C18H20N2O3S. The third-order valence-electron chi connectivity index (χ3n) is 3.91. The number of anilines is 2. The molecule has 0 bridgehead atoms. The van der Waals surface area contributed by atoms with Crippen molar-refractivity contribution in [2.24, 2.45) is 0 Å². The molecule has 3 rings (SSSR count). The number of hydrogen-bond donors (Lipinski definition) is 2. The van der Waals surface area contributed by atoms with Gasteiger partial charge in [0.2, 0.25) is 11.8 Å². The molecule has 0 saturated carbocycles. The van der Waals surface area contributed by atoms with E-state index in [1.807, 2.05) is 5.38 Å². The first kappa shape index (κ1) is 16.7. The maximum Gasteiger partial charge on any atom is 0.227 e. The van der Waals surface area contributed by atoms with Crippen LogP contribution in [0.25, 0.3) is 0 Å². The number of hydrogen-bond acceptors (Lipinski definition) is 4. The molecule has 0 fully saturated rings. The lowest BCUT2D eigenvalue weighted by Crippen LogP contribution is -2.21. The molecule has 0 unspecified atom stereocenters. The highest BCUT2D eigenvalue weighted by Crippen LogP contribution is 2.34. The Morgan fingerprint density at radius 1 is 1.12 bits per heavy atom. The zero-order chi connectivity index (χ0) is 16.9. The van der Waals surface area contributed by atoms with Crippen LogP contribution in [0.1, 0.15) is 36.3 Å². The van der Waals surface area contributed by atoms with Gasteiger partial charge in [-0.15, -0.1) is 11.3 Å². The van der Waals surface area contributed by atoms with E-state index < -0.39 is 0 Å². The highest BCUT2D eigenvalue weighted by atomic mass is 32.1. The van der Waals surface area contributed by atoms with Crippen molar-refractivity contribution in [3.8, 4) is 0 Å². The normalized spacial score (nSPS) is 16.3. The number of benzene rings is 1. The lowest BCUT2D eigenvalue weighted by Gasteiger charge is -2.22. The van der Waals surface area contributed by atoms with Gasteiger partial charge in [0.1, 0.15) is 6.10 Å². The second-order valence-electron chi connectivity index (χ2n) is 5.65. The van der Waals surface area contributed by atoms with E-state index in [9.17, 15) is 9.59 Å². The van der Waals surface area contributed by atoms with Gasteiger partial charge in [0.05, 0.1) is 13.0 Å². The third kappa shape index (κ3) is 4.01. The minimum Gasteiger partial charge on any atom is -0.372 e. The summed E-state index contributed by atoms with van der Waals surface area (Å²) >= 11 is 1.65. The summed E-state index contributed by atoms with van der Waals surface area (Å²) in [6, 6.07) is 9.22. The van der Waals surface area contributed by atoms with Gasteiger partial charge in [-0.1, -0.05) is 6.92 Å². The van der Waals surface area contributed by atoms with Crippen LogP contribution in [0.2, 0.25) is 0 Å². The first-order valence-corrected chi connectivity index (χ1v) is 8.91. The molecule has 1 aromatic heterocycles. The smallest absolute Gasteiger partial charge is 0.227 e. The summed E-state index contributed by atoms with van der Waals surface area (Å²) in [5.41, 5.74) is 2.72. The van der Waals surface area contributed by atoms with E-state index in [1.165, 1.54) is 5.56 Å². The summed E-state index contributed by atoms with van der Waals surface area (Å²) in [6.45, 7) is 2.46. The van der Waals surface area contributed by atoms with E-state index in [0.717, 1.165) is 17.0 Å². The fourth-order valence-electron chi connectivity index (χ4n) is 2.64. The van der Waals surface area contributed by atoms with Crippen LogP contribution in [-0.4, -0.2) is 18.4 Å². The molecule has 0 aliphatic carbocycles. The predicted octanol–water partition coefficient (Wildman–Crippen LogP) is 3.74. The van der Waals surface area contributed by atoms with Crippen LogP contribution in [0.3, 0.4) is 0 Å². The molecule has 1 atom stereocenters. The van der Waals surface area contributed by atoms with Gasteiger partial charge in [0.25, 0.3) is 0 Å². The third-order valence-corrected chi connectivity index (χ3v) is 4.96. The Morgan fingerprint density at radius 2 is 1.79 bits per heavy atom. The number of ether oxygens (including phenoxy) is 1. The molecule has 24 heavy (non-hydrogen) atoms. The Bertz CT molecular complexity index is 724. The molecule has 0 radical (unpaired) electrons. The maximum atomic E-state index is 12.3. The standard InChI is InChI=1S/C18H20N2O3S/c1-2-16(21)19-13-3-5-14(6-4-13)20-17(22)11-15-18-12(7-9-23-15)8-10-24-18/h3-6,8,10,15H,2,7,9,11H2,1H3,(H,19,21)(H,20,22)/t15-/m0/s1. The second kappa shape index (κ2) is 7.59. The fraction of sp³-hybridized carbons (Fsp3) is 0.333. The molecule has 0 spiro atoms. The van der Waals surface area contributed by atoms with Gasteiger partial charge in [-0.25, -0.2) is 0 Å². The van der Waals surface area contributed by atoms with E-state index in [-0.39, 0.29) is 17.9 Å². The van der Waals surface area contributed by atoms with Gasteiger partial charge < -0.3 is 15.4 Å². The Morgan fingerprint density at radius 3 is 2.46 bits per heavy atom. The van der Waals surface area contributed by atoms with Gasteiger partial charge in [-0.2, -0.15) is 0 Å². The van der Waals surface area contributed by atoms with Crippen LogP contribution >= 0.6 is 11.3 Å². The molecule has 5 nitrogen and oxygen atoms in total. The number of thiophene rings is 1. The highest BCUT2D eigenvalue weighted by Gasteiger charge is 2.24. The molecule has 1 aliphatic rings. The molecule has 2 heterocycles. The Kier molecular flexibility index (Phi) is 5.27. The van der Waals surface area contributed by atoms with Crippen molar-refractivity contribution < 1.29 is 14.3 Å². The van der Waals surface area contributed by atoms with Crippen molar-refractivity contribution in [1.82, 2.24) is 0 Å². The Hall–Kier alpha value is -2.18. The first-order chi connectivity index (χ1) is 11.7. The lowest BCUT2D eigenvalue weighted by molar-refractivity contribution is -0.119. The van der Waals surface area contributed by atoms with E-state index in [0.29, 0.717) is 25.1 Å². The summed E-state index contributed by atoms with van der Waals surface area (Å²) in [7, 11) is 0. The quantitative estimate of drug-likeness (QED) is 0.868. The summed E-state index contributed by atoms with van der Waals surface area (Å²) in [5, 5.41) is 7.70. The molecule has 0 saturated heterocycles. The highest BCUT2D eigenvalue weighted by molar-refractivity contribution is 7.10. The van der Waals surface area contributed by atoms with Crippen molar-refractivity contribution >= 4 is 34.5 Å². The lowest BCUT2D eigenvalue weighted by atomic mass is 10.1. The summed E-state index contributed by atoms with van der Waals surface area (Å²) in [6.07, 6.45) is 1.51. The van der Waals surface area contributed by atoms with E-state index in [4.69, 9.17) is 4.74 Å². The topological polar surface area (TPSA) is 67.4 Å². The van der Waals surface area contributed by atoms with Crippen molar-refractivity contribution in [2.45, 2.75) is 32.3 Å².